The van der Waals surface area contributed by atoms with Crippen LogP contribution >= 0.6 is 11.3 Å². The molecule has 1 aromatic rings. The number of carbonyl (C=O) groups excluding carboxylic acids is 1. The number of likely N-dealkylation sites (tertiary alicyclic amines) is 1. The Balaban J connectivity index is 2.19. The lowest BCUT2D eigenvalue weighted by atomic mass is 10.3. The fourth-order valence-electron chi connectivity index (χ4n) is 1.78. The van der Waals surface area contributed by atoms with Crippen LogP contribution < -0.4 is 16.4 Å². The highest BCUT2D eigenvalue weighted by Gasteiger charge is 2.28. The number of nitrogens with zero attached hydrogens (tertiary/aromatic N) is 3. The number of thiazole rings is 1. The molecule has 0 spiro atoms. The first kappa shape index (κ1) is 12.1. The summed E-state index contributed by atoms with van der Waals surface area (Å²) in [4.78, 5) is 20.5. The van der Waals surface area contributed by atoms with Crippen molar-refractivity contribution in [3.05, 3.63) is 4.88 Å². The van der Waals surface area contributed by atoms with E-state index < -0.39 is 0 Å². The first-order valence-electron chi connectivity index (χ1n) is 5.47. The average Bonchev–Trinajstić information content (AvgIpc) is 2.84. The van der Waals surface area contributed by atoms with Crippen molar-refractivity contribution in [1.82, 2.24) is 9.88 Å². The van der Waals surface area contributed by atoms with Gasteiger partial charge in [0, 0.05) is 33.2 Å². The van der Waals surface area contributed by atoms with E-state index in [1.165, 1.54) is 11.3 Å². The minimum absolute atomic E-state index is 0.0546. The number of amides is 1. The Hall–Kier alpha value is -1.34. The number of hydrogen-bond donors (Lipinski definition) is 2. The van der Waals surface area contributed by atoms with Crippen molar-refractivity contribution < 1.29 is 4.79 Å². The highest BCUT2D eigenvalue weighted by Crippen LogP contribution is 2.28. The lowest BCUT2D eigenvalue weighted by Crippen LogP contribution is -2.31. The molecule has 1 aliphatic rings. The van der Waals surface area contributed by atoms with Gasteiger partial charge in [-0.3, -0.25) is 4.79 Å². The van der Waals surface area contributed by atoms with E-state index in [4.69, 9.17) is 11.5 Å². The molecule has 1 amide bonds. The molecule has 2 rings (SSSR count). The van der Waals surface area contributed by atoms with Crippen LogP contribution in [0.15, 0.2) is 0 Å². The highest BCUT2D eigenvalue weighted by molar-refractivity contribution is 7.18. The van der Waals surface area contributed by atoms with Crippen LogP contribution in [0.3, 0.4) is 0 Å². The minimum atomic E-state index is -0.0546. The third kappa shape index (κ3) is 2.34. The summed E-state index contributed by atoms with van der Waals surface area (Å²) >= 11 is 1.32. The van der Waals surface area contributed by atoms with Crippen molar-refractivity contribution in [3.63, 3.8) is 0 Å². The normalized spacial score (nSPS) is 19.7. The summed E-state index contributed by atoms with van der Waals surface area (Å²) in [5, 5.41) is 0.745. The number of anilines is 2. The molecule has 1 aromatic heterocycles. The second kappa shape index (κ2) is 4.50. The van der Waals surface area contributed by atoms with E-state index in [1.54, 1.807) is 4.90 Å². The number of rotatable bonds is 2. The third-order valence-electron chi connectivity index (χ3n) is 2.73. The van der Waals surface area contributed by atoms with Gasteiger partial charge in [-0.15, -0.1) is 0 Å². The Morgan fingerprint density at radius 3 is 2.76 bits per heavy atom. The van der Waals surface area contributed by atoms with E-state index in [2.05, 4.69) is 4.98 Å². The molecular weight excluding hydrogens is 238 g/mol. The van der Waals surface area contributed by atoms with E-state index in [9.17, 15) is 4.79 Å². The SMILES string of the molecule is CN(C)c1nc(N)c(C(=O)N2CCC(N)C2)s1. The monoisotopic (exact) mass is 255 g/mol. The topological polar surface area (TPSA) is 88.5 Å². The Kier molecular flexibility index (Phi) is 3.21. The van der Waals surface area contributed by atoms with Crippen LogP contribution in [0.5, 0.6) is 0 Å². The van der Waals surface area contributed by atoms with Crippen molar-refractivity contribution >= 4 is 28.2 Å². The molecule has 0 bridgehead atoms. The molecule has 0 saturated carbocycles. The molecule has 4 N–H and O–H groups in total. The number of aromatic nitrogens is 1. The fraction of sp³-hybridized carbons (Fsp3) is 0.600. The summed E-state index contributed by atoms with van der Waals surface area (Å²) in [6, 6.07) is 0.0846. The zero-order valence-corrected chi connectivity index (χ0v) is 10.8. The Bertz CT molecular complexity index is 430. The number of nitrogens with two attached hydrogens (primary N) is 2. The molecule has 7 heteroatoms. The maximum absolute atomic E-state index is 12.2. The van der Waals surface area contributed by atoms with Gasteiger partial charge in [-0.05, 0) is 6.42 Å². The lowest BCUT2D eigenvalue weighted by Gasteiger charge is -2.14. The van der Waals surface area contributed by atoms with Crippen LogP contribution in [-0.2, 0) is 0 Å². The van der Waals surface area contributed by atoms with Gasteiger partial charge in [-0.25, -0.2) is 4.98 Å². The van der Waals surface area contributed by atoms with Crippen molar-refractivity contribution in [1.29, 1.82) is 0 Å². The molecule has 0 aliphatic carbocycles. The summed E-state index contributed by atoms with van der Waals surface area (Å²) in [6.07, 6.45) is 0.852. The van der Waals surface area contributed by atoms with Crippen LogP contribution in [0.25, 0.3) is 0 Å². The molecule has 94 valence electrons. The van der Waals surface area contributed by atoms with Crippen LogP contribution in [0, 0.1) is 0 Å². The van der Waals surface area contributed by atoms with Gasteiger partial charge < -0.3 is 21.3 Å². The predicted molar refractivity (Wildman–Crippen MR) is 69.3 cm³/mol. The smallest absolute Gasteiger partial charge is 0.267 e. The maximum atomic E-state index is 12.2. The van der Waals surface area contributed by atoms with Gasteiger partial charge in [0.2, 0.25) is 0 Å². The Morgan fingerprint density at radius 2 is 2.29 bits per heavy atom. The summed E-state index contributed by atoms with van der Waals surface area (Å²) in [6.45, 7) is 1.31. The maximum Gasteiger partial charge on any atom is 0.267 e. The van der Waals surface area contributed by atoms with Crippen molar-refractivity contribution in [2.24, 2.45) is 5.73 Å². The summed E-state index contributed by atoms with van der Waals surface area (Å²) in [5.41, 5.74) is 11.6. The van der Waals surface area contributed by atoms with Gasteiger partial charge in [0.25, 0.3) is 5.91 Å². The van der Waals surface area contributed by atoms with Gasteiger partial charge in [-0.2, -0.15) is 0 Å². The van der Waals surface area contributed by atoms with E-state index in [-0.39, 0.29) is 11.9 Å². The average molecular weight is 255 g/mol. The zero-order chi connectivity index (χ0) is 12.6. The minimum Gasteiger partial charge on any atom is -0.382 e. The predicted octanol–water partition coefficient (Wildman–Crippen LogP) is -0.0355. The molecule has 2 heterocycles. The summed E-state index contributed by atoms with van der Waals surface area (Å²) in [7, 11) is 3.75. The van der Waals surface area contributed by atoms with E-state index in [0.717, 1.165) is 11.6 Å². The van der Waals surface area contributed by atoms with Crippen LogP contribution in [0.1, 0.15) is 16.1 Å². The van der Waals surface area contributed by atoms with Crippen LogP contribution in [0.2, 0.25) is 0 Å². The molecule has 17 heavy (non-hydrogen) atoms. The Morgan fingerprint density at radius 1 is 1.59 bits per heavy atom. The highest BCUT2D eigenvalue weighted by atomic mass is 32.1. The fourth-order valence-corrected chi connectivity index (χ4v) is 2.66. The second-order valence-electron chi connectivity index (χ2n) is 4.41. The molecular formula is C10H17N5OS. The molecule has 1 aliphatic heterocycles. The lowest BCUT2D eigenvalue weighted by molar-refractivity contribution is 0.0796. The zero-order valence-electron chi connectivity index (χ0n) is 10.0. The largest absolute Gasteiger partial charge is 0.382 e. The van der Waals surface area contributed by atoms with Gasteiger partial charge in [-0.1, -0.05) is 11.3 Å². The molecule has 6 nitrogen and oxygen atoms in total. The van der Waals surface area contributed by atoms with Gasteiger partial charge in [0.15, 0.2) is 5.13 Å². The molecule has 1 unspecified atom stereocenters. The third-order valence-corrected chi connectivity index (χ3v) is 3.96. The summed E-state index contributed by atoms with van der Waals surface area (Å²) < 4.78 is 0. The summed E-state index contributed by atoms with van der Waals surface area (Å²) in [5.74, 6) is 0.255. The number of nitrogen functional groups attached to an aromatic ring is 1. The molecule has 1 saturated heterocycles. The second-order valence-corrected chi connectivity index (χ2v) is 5.38. The molecule has 1 atom stereocenters. The Labute approximate surface area is 104 Å². The first-order chi connectivity index (χ1) is 7.99. The van der Waals surface area contributed by atoms with E-state index >= 15 is 0 Å². The molecule has 0 aromatic carbocycles. The molecule has 0 radical (unpaired) electrons. The van der Waals surface area contributed by atoms with Gasteiger partial charge in [0.1, 0.15) is 10.7 Å². The number of carbonyl (C=O) groups is 1. The molecule has 1 fully saturated rings. The number of hydrogen-bond acceptors (Lipinski definition) is 6. The van der Waals surface area contributed by atoms with Gasteiger partial charge >= 0.3 is 0 Å². The van der Waals surface area contributed by atoms with Crippen molar-refractivity contribution in [2.75, 3.05) is 37.8 Å². The quantitative estimate of drug-likeness (QED) is 0.774. The van der Waals surface area contributed by atoms with E-state index in [1.807, 2.05) is 19.0 Å². The van der Waals surface area contributed by atoms with Crippen LogP contribution in [-0.4, -0.2) is 49.0 Å². The van der Waals surface area contributed by atoms with Crippen LogP contribution in [0.4, 0.5) is 10.9 Å². The van der Waals surface area contributed by atoms with Crippen molar-refractivity contribution in [2.45, 2.75) is 12.5 Å². The first-order valence-corrected chi connectivity index (χ1v) is 6.29. The standard InChI is InChI=1S/C10H17N5OS/c1-14(2)10-13-8(12)7(17-10)9(16)15-4-3-6(11)5-15/h6H,3-5,11-12H2,1-2H3. The van der Waals surface area contributed by atoms with Gasteiger partial charge in [0.05, 0.1) is 0 Å². The van der Waals surface area contributed by atoms with E-state index in [0.29, 0.717) is 23.8 Å². The van der Waals surface area contributed by atoms with Crippen molar-refractivity contribution in [3.8, 4) is 0 Å².